The number of nitrogens with one attached hydrogen (secondary N) is 2. The van der Waals surface area contributed by atoms with Crippen LogP contribution in [0.15, 0.2) is 23.2 Å². The maximum absolute atomic E-state index is 4.51. The zero-order valence-electron chi connectivity index (χ0n) is 8.54. The maximum Gasteiger partial charge on any atom is 0.173 e. The van der Waals surface area contributed by atoms with E-state index in [1.807, 2.05) is 12.1 Å². The molecular weight excluding hydrogens is 188 g/mol. The van der Waals surface area contributed by atoms with Gasteiger partial charge in [0.15, 0.2) is 11.7 Å². The lowest BCUT2D eigenvalue weighted by Gasteiger charge is -1.95. The Labute approximate surface area is 87.4 Å². The van der Waals surface area contributed by atoms with Gasteiger partial charge in [0.2, 0.25) is 0 Å². The van der Waals surface area contributed by atoms with Crippen LogP contribution in [0.4, 0.5) is 0 Å². The van der Waals surface area contributed by atoms with Crippen molar-refractivity contribution in [2.24, 2.45) is 4.99 Å². The fraction of sp³-hybridized carbons (Fsp3) is 0.273. The molecule has 0 unspecified atom stereocenters. The third kappa shape index (κ3) is 1.29. The van der Waals surface area contributed by atoms with Crippen LogP contribution in [-0.4, -0.2) is 28.9 Å². The molecule has 0 aliphatic carbocycles. The van der Waals surface area contributed by atoms with Crippen molar-refractivity contribution in [2.45, 2.75) is 6.92 Å². The highest BCUT2D eigenvalue weighted by Crippen LogP contribution is 2.15. The predicted octanol–water partition coefficient (Wildman–Crippen LogP) is 1.22. The van der Waals surface area contributed by atoms with Gasteiger partial charge in [-0.05, 0) is 18.6 Å². The van der Waals surface area contributed by atoms with Gasteiger partial charge in [-0.3, -0.25) is 4.99 Å². The molecule has 4 nitrogen and oxygen atoms in total. The second-order valence-electron chi connectivity index (χ2n) is 3.71. The van der Waals surface area contributed by atoms with Crippen LogP contribution in [0.5, 0.6) is 0 Å². The van der Waals surface area contributed by atoms with E-state index in [-0.39, 0.29) is 0 Å². The summed E-state index contributed by atoms with van der Waals surface area (Å²) in [7, 11) is 0. The number of imidazole rings is 1. The molecule has 1 aromatic heterocycles. The molecule has 4 heteroatoms. The summed E-state index contributed by atoms with van der Waals surface area (Å²) in [5, 5.41) is 3.21. The molecule has 0 saturated carbocycles. The first-order valence-electron chi connectivity index (χ1n) is 5.08. The SMILES string of the molecule is Cc1cccc2nc(C3=NCCN3)[nH]c12. The number of rotatable bonds is 1. The molecule has 0 amide bonds. The average Bonchev–Trinajstić information content (AvgIpc) is 2.86. The zero-order chi connectivity index (χ0) is 10.3. The smallest absolute Gasteiger partial charge is 0.173 e. The monoisotopic (exact) mass is 200 g/mol. The third-order valence-electron chi connectivity index (χ3n) is 2.62. The second-order valence-corrected chi connectivity index (χ2v) is 3.71. The molecule has 1 aromatic carbocycles. The topological polar surface area (TPSA) is 53.1 Å². The molecule has 2 aromatic rings. The Hall–Kier alpha value is -1.84. The summed E-state index contributed by atoms with van der Waals surface area (Å²) in [5.41, 5.74) is 3.31. The summed E-state index contributed by atoms with van der Waals surface area (Å²) < 4.78 is 0. The molecule has 15 heavy (non-hydrogen) atoms. The normalized spacial score (nSPS) is 15.4. The van der Waals surface area contributed by atoms with Gasteiger partial charge in [-0.25, -0.2) is 4.98 Å². The number of H-pyrrole nitrogens is 1. The third-order valence-corrected chi connectivity index (χ3v) is 2.62. The average molecular weight is 200 g/mol. The summed E-state index contributed by atoms with van der Waals surface area (Å²) >= 11 is 0. The molecule has 0 atom stereocenters. The van der Waals surface area contributed by atoms with Crippen molar-refractivity contribution in [2.75, 3.05) is 13.1 Å². The van der Waals surface area contributed by atoms with E-state index in [0.717, 1.165) is 35.8 Å². The zero-order valence-corrected chi connectivity index (χ0v) is 8.54. The van der Waals surface area contributed by atoms with Crippen molar-refractivity contribution in [1.82, 2.24) is 15.3 Å². The van der Waals surface area contributed by atoms with E-state index in [4.69, 9.17) is 0 Å². The Kier molecular flexibility index (Phi) is 1.74. The molecule has 1 aliphatic heterocycles. The number of aromatic nitrogens is 2. The van der Waals surface area contributed by atoms with Gasteiger partial charge in [0.1, 0.15) is 0 Å². The van der Waals surface area contributed by atoms with Crippen molar-refractivity contribution >= 4 is 16.9 Å². The van der Waals surface area contributed by atoms with E-state index in [0.29, 0.717) is 0 Å². The minimum absolute atomic E-state index is 0.839. The molecule has 76 valence electrons. The Morgan fingerprint density at radius 1 is 1.33 bits per heavy atom. The lowest BCUT2D eigenvalue weighted by molar-refractivity contribution is 0.957. The Morgan fingerprint density at radius 2 is 2.27 bits per heavy atom. The fourth-order valence-corrected chi connectivity index (χ4v) is 1.84. The van der Waals surface area contributed by atoms with Gasteiger partial charge in [0, 0.05) is 6.54 Å². The molecule has 0 fully saturated rings. The highest BCUT2D eigenvalue weighted by atomic mass is 15.1. The number of hydrogen-bond acceptors (Lipinski definition) is 3. The summed E-state index contributed by atoms with van der Waals surface area (Å²) in [5.74, 6) is 1.72. The van der Waals surface area contributed by atoms with E-state index in [2.05, 4.69) is 33.3 Å². The summed E-state index contributed by atoms with van der Waals surface area (Å²) in [4.78, 5) is 12.2. The van der Waals surface area contributed by atoms with Crippen LogP contribution >= 0.6 is 0 Å². The first-order valence-corrected chi connectivity index (χ1v) is 5.08. The van der Waals surface area contributed by atoms with E-state index in [9.17, 15) is 0 Å². The van der Waals surface area contributed by atoms with Gasteiger partial charge < -0.3 is 10.3 Å². The van der Waals surface area contributed by atoms with E-state index in [1.165, 1.54) is 5.56 Å². The summed E-state index contributed by atoms with van der Waals surface area (Å²) in [6, 6.07) is 6.11. The number of fused-ring (bicyclic) bond motifs is 1. The largest absolute Gasteiger partial charge is 0.365 e. The number of aliphatic imine (C=N–C) groups is 1. The Balaban J connectivity index is 2.18. The van der Waals surface area contributed by atoms with Crippen LogP contribution in [0.3, 0.4) is 0 Å². The van der Waals surface area contributed by atoms with Gasteiger partial charge in [0.05, 0.1) is 17.6 Å². The van der Waals surface area contributed by atoms with Crippen LogP contribution in [0.25, 0.3) is 11.0 Å². The summed E-state index contributed by atoms with van der Waals surface area (Å²) in [6.07, 6.45) is 0. The maximum atomic E-state index is 4.51. The number of benzene rings is 1. The van der Waals surface area contributed by atoms with Gasteiger partial charge in [-0.15, -0.1) is 0 Å². The first-order chi connectivity index (χ1) is 7.34. The second kappa shape index (κ2) is 3.08. The molecule has 2 heterocycles. The van der Waals surface area contributed by atoms with Crippen LogP contribution in [0.2, 0.25) is 0 Å². The number of amidine groups is 1. The van der Waals surface area contributed by atoms with Crippen LogP contribution in [-0.2, 0) is 0 Å². The number of hydrogen-bond donors (Lipinski definition) is 2. The lowest BCUT2D eigenvalue weighted by atomic mass is 10.2. The van der Waals surface area contributed by atoms with Crippen molar-refractivity contribution in [3.05, 3.63) is 29.6 Å². The lowest BCUT2D eigenvalue weighted by Crippen LogP contribution is -2.20. The highest BCUT2D eigenvalue weighted by molar-refractivity contribution is 5.99. The molecule has 3 rings (SSSR count). The fourth-order valence-electron chi connectivity index (χ4n) is 1.84. The minimum Gasteiger partial charge on any atom is -0.365 e. The van der Waals surface area contributed by atoms with E-state index in [1.54, 1.807) is 0 Å². The predicted molar refractivity (Wildman–Crippen MR) is 60.2 cm³/mol. The number of nitrogens with zero attached hydrogens (tertiary/aromatic N) is 2. The Bertz CT molecular complexity index is 539. The molecule has 0 spiro atoms. The van der Waals surface area contributed by atoms with Crippen LogP contribution in [0, 0.1) is 6.92 Å². The van der Waals surface area contributed by atoms with Crippen LogP contribution in [0.1, 0.15) is 11.4 Å². The van der Waals surface area contributed by atoms with Gasteiger partial charge >= 0.3 is 0 Å². The van der Waals surface area contributed by atoms with Crippen LogP contribution < -0.4 is 5.32 Å². The molecule has 0 saturated heterocycles. The van der Waals surface area contributed by atoms with Crippen molar-refractivity contribution < 1.29 is 0 Å². The summed E-state index contributed by atoms with van der Waals surface area (Å²) in [6.45, 7) is 3.82. The number of para-hydroxylation sites is 1. The van der Waals surface area contributed by atoms with E-state index < -0.39 is 0 Å². The first kappa shape index (κ1) is 8.47. The molecule has 0 radical (unpaired) electrons. The quantitative estimate of drug-likeness (QED) is 0.727. The minimum atomic E-state index is 0.839. The van der Waals surface area contributed by atoms with Gasteiger partial charge in [-0.2, -0.15) is 0 Å². The molecule has 0 bridgehead atoms. The van der Waals surface area contributed by atoms with Crippen molar-refractivity contribution in [1.29, 1.82) is 0 Å². The molecule has 1 aliphatic rings. The Morgan fingerprint density at radius 3 is 3.00 bits per heavy atom. The van der Waals surface area contributed by atoms with Gasteiger partial charge in [0.25, 0.3) is 0 Å². The highest BCUT2D eigenvalue weighted by Gasteiger charge is 2.12. The van der Waals surface area contributed by atoms with Gasteiger partial charge in [-0.1, -0.05) is 12.1 Å². The van der Waals surface area contributed by atoms with Crippen molar-refractivity contribution in [3.8, 4) is 0 Å². The number of aromatic amines is 1. The van der Waals surface area contributed by atoms with Crippen molar-refractivity contribution in [3.63, 3.8) is 0 Å². The number of aryl methyl sites for hydroxylation is 1. The molecule has 2 N–H and O–H groups in total. The standard InChI is InChI=1S/C11H12N4/c1-7-3-2-4-8-9(7)15-11(14-8)10-12-5-6-13-10/h2-4H,5-6H2,1H3,(H,12,13)(H,14,15). The molecular formula is C11H12N4. The van der Waals surface area contributed by atoms with E-state index >= 15 is 0 Å².